The minimum Gasteiger partial charge on any atom is -0.348 e. The minimum absolute atomic E-state index is 0.0459. The van der Waals surface area contributed by atoms with Crippen molar-refractivity contribution in [3.8, 4) is 0 Å². The number of amides is 1. The molecule has 3 rings (SSSR count). The average Bonchev–Trinajstić information content (AvgIpc) is 2.77. The van der Waals surface area contributed by atoms with E-state index in [0.717, 1.165) is 13.1 Å². The first-order chi connectivity index (χ1) is 9.49. The maximum atomic E-state index is 13.7. The summed E-state index contributed by atoms with van der Waals surface area (Å²) >= 11 is 5.59. The summed E-state index contributed by atoms with van der Waals surface area (Å²) in [4.78, 5) is 16.5. The van der Waals surface area contributed by atoms with Gasteiger partial charge in [0.05, 0.1) is 16.6 Å². The van der Waals surface area contributed by atoms with Crippen molar-refractivity contribution < 1.29 is 13.6 Å². The van der Waals surface area contributed by atoms with E-state index >= 15 is 0 Å². The van der Waals surface area contributed by atoms with Gasteiger partial charge >= 0.3 is 0 Å². The van der Waals surface area contributed by atoms with Crippen LogP contribution in [-0.2, 0) is 0 Å². The number of nitrogens with one attached hydrogen (secondary N) is 2. The molecular weight excluding hydrogens is 288 g/mol. The molecule has 2 heterocycles. The van der Waals surface area contributed by atoms with Gasteiger partial charge in [-0.05, 0) is 12.1 Å². The fraction of sp³-hybridized carbons (Fsp3) is 0.308. The Bertz CT molecular complexity index is 696. The number of benzene rings is 1. The molecule has 7 heteroatoms. The van der Waals surface area contributed by atoms with E-state index in [-0.39, 0.29) is 28.2 Å². The number of carbonyl (C=O) groups is 1. The van der Waals surface area contributed by atoms with E-state index in [2.05, 4.69) is 10.3 Å². The van der Waals surface area contributed by atoms with Crippen LogP contribution in [-0.4, -0.2) is 42.0 Å². The summed E-state index contributed by atoms with van der Waals surface area (Å²) in [6.07, 6.45) is 0. The molecule has 0 radical (unpaired) electrons. The van der Waals surface area contributed by atoms with Crippen LogP contribution in [0.15, 0.2) is 12.1 Å². The Morgan fingerprint density at radius 2 is 2.05 bits per heavy atom. The van der Waals surface area contributed by atoms with Gasteiger partial charge in [0, 0.05) is 25.5 Å². The predicted octanol–water partition coefficient (Wildman–Crippen LogP) is 2.14. The van der Waals surface area contributed by atoms with Gasteiger partial charge in [0.2, 0.25) is 0 Å². The Morgan fingerprint density at radius 3 is 2.65 bits per heavy atom. The number of nitrogens with zero attached hydrogens (tertiary/aromatic N) is 1. The Kier molecular flexibility index (Phi) is 3.14. The largest absolute Gasteiger partial charge is 0.348 e. The van der Waals surface area contributed by atoms with E-state index in [0.29, 0.717) is 5.39 Å². The van der Waals surface area contributed by atoms with E-state index in [4.69, 9.17) is 11.6 Å². The molecule has 1 amide bonds. The zero-order valence-corrected chi connectivity index (χ0v) is 11.4. The molecule has 4 nitrogen and oxygen atoms in total. The quantitative estimate of drug-likeness (QED) is 0.835. The molecule has 1 fully saturated rings. The fourth-order valence-electron chi connectivity index (χ4n) is 2.20. The van der Waals surface area contributed by atoms with E-state index in [1.165, 1.54) is 12.1 Å². The zero-order chi connectivity index (χ0) is 14.4. The predicted molar refractivity (Wildman–Crippen MR) is 72.0 cm³/mol. The minimum atomic E-state index is -1.11. The van der Waals surface area contributed by atoms with Crippen LogP contribution in [0.2, 0.25) is 5.02 Å². The summed E-state index contributed by atoms with van der Waals surface area (Å²) in [7, 11) is 1.68. The highest BCUT2D eigenvalue weighted by Crippen LogP contribution is 2.27. The normalized spacial score (nSPS) is 15.4. The van der Waals surface area contributed by atoms with Crippen molar-refractivity contribution in [2.24, 2.45) is 0 Å². The first-order valence-electron chi connectivity index (χ1n) is 6.13. The van der Waals surface area contributed by atoms with E-state index in [9.17, 15) is 13.6 Å². The number of aromatic amines is 1. The molecule has 1 aliphatic heterocycles. The molecule has 1 saturated heterocycles. The van der Waals surface area contributed by atoms with Gasteiger partial charge in [0.15, 0.2) is 11.6 Å². The number of rotatable bonds is 2. The number of H-pyrrole nitrogens is 1. The summed E-state index contributed by atoms with van der Waals surface area (Å²) in [5.41, 5.74) is 0.172. The third kappa shape index (κ3) is 1.96. The van der Waals surface area contributed by atoms with Crippen molar-refractivity contribution in [2.75, 3.05) is 20.1 Å². The molecule has 106 valence electrons. The number of hydrogen-bond donors (Lipinski definition) is 2. The van der Waals surface area contributed by atoms with Crippen LogP contribution in [0.4, 0.5) is 8.78 Å². The van der Waals surface area contributed by atoms with Gasteiger partial charge in [-0.15, -0.1) is 0 Å². The molecule has 1 aliphatic rings. The second kappa shape index (κ2) is 4.71. The first-order valence-corrected chi connectivity index (χ1v) is 6.51. The lowest BCUT2D eigenvalue weighted by Gasteiger charge is -2.35. The van der Waals surface area contributed by atoms with Crippen molar-refractivity contribution in [2.45, 2.75) is 6.04 Å². The molecule has 0 unspecified atom stereocenters. The molecule has 0 atom stereocenters. The molecule has 1 aromatic heterocycles. The molecule has 0 spiro atoms. The van der Waals surface area contributed by atoms with Crippen molar-refractivity contribution in [3.63, 3.8) is 0 Å². The Balaban J connectivity index is 2.00. The molecular formula is C13H12ClF2N3O. The Labute approximate surface area is 118 Å². The highest BCUT2D eigenvalue weighted by atomic mass is 35.5. The van der Waals surface area contributed by atoms with Crippen LogP contribution in [0.1, 0.15) is 10.5 Å². The Morgan fingerprint density at radius 1 is 1.35 bits per heavy atom. The summed E-state index contributed by atoms with van der Waals surface area (Å²) in [5, 5.41) is 3.14. The van der Waals surface area contributed by atoms with Crippen molar-refractivity contribution in [1.29, 1.82) is 0 Å². The monoisotopic (exact) mass is 299 g/mol. The van der Waals surface area contributed by atoms with Crippen molar-refractivity contribution in [3.05, 3.63) is 34.5 Å². The second-order valence-electron chi connectivity index (χ2n) is 4.86. The van der Waals surface area contributed by atoms with Crippen molar-refractivity contribution >= 4 is 28.4 Å². The maximum Gasteiger partial charge on any atom is 0.270 e. The second-order valence-corrected chi connectivity index (χ2v) is 5.27. The molecule has 0 saturated carbocycles. The molecule has 0 aliphatic carbocycles. The third-order valence-corrected chi connectivity index (χ3v) is 3.89. The van der Waals surface area contributed by atoms with Gasteiger partial charge < -0.3 is 15.2 Å². The van der Waals surface area contributed by atoms with Crippen LogP contribution in [0.3, 0.4) is 0 Å². The van der Waals surface area contributed by atoms with E-state index < -0.39 is 11.6 Å². The number of hydrogen-bond acceptors (Lipinski definition) is 2. The highest BCUT2D eigenvalue weighted by molar-refractivity contribution is 6.31. The lowest BCUT2D eigenvalue weighted by Crippen LogP contribution is -2.57. The van der Waals surface area contributed by atoms with Crippen LogP contribution < -0.4 is 5.32 Å². The van der Waals surface area contributed by atoms with Gasteiger partial charge in [0.25, 0.3) is 5.91 Å². The smallest absolute Gasteiger partial charge is 0.270 e. The third-order valence-electron chi connectivity index (χ3n) is 3.61. The van der Waals surface area contributed by atoms with E-state index in [1.807, 2.05) is 0 Å². The summed E-state index contributed by atoms with van der Waals surface area (Å²) < 4.78 is 27.1. The molecule has 2 N–H and O–H groups in total. The van der Waals surface area contributed by atoms with Crippen molar-refractivity contribution in [1.82, 2.24) is 15.2 Å². The van der Waals surface area contributed by atoms with Crippen LogP contribution in [0.25, 0.3) is 10.9 Å². The van der Waals surface area contributed by atoms with Gasteiger partial charge in [-0.2, -0.15) is 0 Å². The van der Waals surface area contributed by atoms with Gasteiger partial charge in [-0.25, -0.2) is 8.78 Å². The summed E-state index contributed by atoms with van der Waals surface area (Å²) in [6.45, 7) is 1.47. The first kappa shape index (κ1) is 13.3. The average molecular weight is 300 g/mol. The summed E-state index contributed by atoms with van der Waals surface area (Å²) in [5.74, 6) is -2.44. The van der Waals surface area contributed by atoms with Crippen LogP contribution in [0.5, 0.6) is 0 Å². The molecule has 1 aromatic carbocycles. The molecule has 0 bridgehead atoms. The number of fused-ring (bicyclic) bond motifs is 1. The zero-order valence-electron chi connectivity index (χ0n) is 10.6. The van der Waals surface area contributed by atoms with Gasteiger partial charge in [-0.1, -0.05) is 11.6 Å². The lowest BCUT2D eigenvalue weighted by atomic mass is 10.1. The standard InChI is InChI=1S/C13H12ClF2N3O/c1-19(7-4-17-5-7)13(20)9-3-6-2-8(14)10(15)11(16)12(6)18-9/h2-3,7,17-18H,4-5H2,1H3. The van der Waals surface area contributed by atoms with Crippen LogP contribution in [0, 0.1) is 11.6 Å². The SMILES string of the molecule is CN(C(=O)c1cc2cc(Cl)c(F)c(F)c2[nH]1)C1CNC1. The van der Waals surface area contributed by atoms with Gasteiger partial charge in [-0.3, -0.25) is 4.79 Å². The highest BCUT2D eigenvalue weighted by Gasteiger charge is 2.27. The fourth-order valence-corrected chi connectivity index (χ4v) is 2.40. The number of aromatic nitrogens is 1. The van der Waals surface area contributed by atoms with E-state index in [1.54, 1.807) is 11.9 Å². The molecule has 20 heavy (non-hydrogen) atoms. The molecule has 2 aromatic rings. The lowest BCUT2D eigenvalue weighted by molar-refractivity contribution is 0.0676. The summed E-state index contributed by atoms with van der Waals surface area (Å²) in [6, 6.07) is 2.90. The Hall–Kier alpha value is -1.66. The maximum absolute atomic E-state index is 13.7. The van der Waals surface area contributed by atoms with Gasteiger partial charge in [0.1, 0.15) is 5.69 Å². The topological polar surface area (TPSA) is 48.1 Å². The number of likely N-dealkylation sites (N-methyl/N-ethyl adjacent to an activating group) is 1. The number of halogens is 3. The van der Waals surface area contributed by atoms with Crippen LogP contribution >= 0.6 is 11.6 Å². The number of carbonyl (C=O) groups excluding carboxylic acids is 1.